The molecule has 3 aromatic rings. The number of carbonyl (C=O) groups is 1. The van der Waals surface area contributed by atoms with Crippen LogP contribution in [0.3, 0.4) is 0 Å². The third-order valence-electron chi connectivity index (χ3n) is 6.80. The van der Waals surface area contributed by atoms with E-state index < -0.39 is 58.7 Å². The van der Waals surface area contributed by atoms with Gasteiger partial charge < -0.3 is 19.0 Å². The largest absolute Gasteiger partial charge is 0.497 e. The maximum atomic E-state index is 13.6. The summed E-state index contributed by atoms with van der Waals surface area (Å²) < 4.78 is 85.0. The van der Waals surface area contributed by atoms with Crippen LogP contribution in [0.15, 0.2) is 40.8 Å². The first-order valence-corrected chi connectivity index (χ1v) is 13.5. The van der Waals surface area contributed by atoms with E-state index in [0.29, 0.717) is 10.9 Å². The number of hydrogen-bond donors (Lipinski definition) is 2. The third-order valence-corrected chi connectivity index (χ3v) is 8.10. The Morgan fingerprint density at radius 2 is 1.66 bits per heavy atom. The molecule has 8 nitrogen and oxygen atoms in total. The van der Waals surface area contributed by atoms with E-state index in [-0.39, 0.29) is 28.1 Å². The van der Waals surface area contributed by atoms with Crippen molar-refractivity contribution in [2.75, 3.05) is 17.5 Å². The van der Waals surface area contributed by atoms with E-state index in [0.717, 1.165) is 0 Å². The van der Waals surface area contributed by atoms with Gasteiger partial charge in [-0.25, -0.2) is 21.6 Å². The normalized spacial score (nSPS) is 16.8. The molecular formula is C25H28BF3N2O6S. The molecule has 1 aliphatic heterocycles. The maximum absolute atomic E-state index is 13.6. The van der Waals surface area contributed by atoms with Crippen LogP contribution >= 0.6 is 0 Å². The number of halogens is 3. The molecule has 2 aromatic carbocycles. The number of sulfonamides is 1. The monoisotopic (exact) mass is 552 g/mol. The number of nitrogens with one attached hydrogen (secondary N) is 2. The molecule has 1 fully saturated rings. The van der Waals surface area contributed by atoms with Gasteiger partial charge >= 0.3 is 7.12 Å². The number of alkyl halides is 2. The van der Waals surface area contributed by atoms with Gasteiger partial charge in [0.15, 0.2) is 0 Å². The molecule has 13 heteroatoms. The molecular weight excluding hydrogens is 524 g/mol. The van der Waals surface area contributed by atoms with Crippen molar-refractivity contribution >= 4 is 45.2 Å². The smallest absolute Gasteiger partial charge is 0.455 e. The van der Waals surface area contributed by atoms with Crippen LogP contribution in [0.2, 0.25) is 0 Å². The zero-order valence-corrected chi connectivity index (χ0v) is 22.3. The first kappa shape index (κ1) is 28.0. The van der Waals surface area contributed by atoms with Crippen LogP contribution in [-0.4, -0.2) is 51.9 Å². The molecule has 4 rings (SSSR count). The van der Waals surface area contributed by atoms with E-state index in [2.05, 4.69) is 10.0 Å². The van der Waals surface area contributed by atoms with Crippen molar-refractivity contribution in [3.63, 3.8) is 0 Å². The predicted molar refractivity (Wildman–Crippen MR) is 139 cm³/mol. The maximum Gasteiger partial charge on any atom is 0.497 e. The van der Waals surface area contributed by atoms with E-state index >= 15 is 0 Å². The Bertz CT molecular complexity index is 1460. The molecule has 2 N–H and O–H groups in total. The highest BCUT2D eigenvalue weighted by Crippen LogP contribution is 2.39. The number of benzene rings is 2. The Morgan fingerprint density at radius 3 is 2.21 bits per heavy atom. The van der Waals surface area contributed by atoms with Crippen molar-refractivity contribution in [3.8, 4) is 11.3 Å². The topological polar surface area (TPSA) is 107 Å². The summed E-state index contributed by atoms with van der Waals surface area (Å²) in [5.41, 5.74) is -0.650. The molecule has 1 amide bonds. The standard InChI is InChI=1S/C25H28BF3N2O6S/c1-24(2)25(3,4)37-26(36-24)17-12-16-19(13-18(17)31-38(33,34)11-10-20(28)29)35-22(21(16)23(32)30-5)14-6-8-15(27)9-7-14/h6-9,12-13,20,31H,10-11H2,1-5H3,(H,30,32). The van der Waals surface area contributed by atoms with Crippen molar-refractivity contribution in [1.29, 1.82) is 0 Å². The summed E-state index contributed by atoms with van der Waals surface area (Å²) in [6, 6.07) is 8.20. The van der Waals surface area contributed by atoms with Crippen molar-refractivity contribution in [1.82, 2.24) is 5.32 Å². The van der Waals surface area contributed by atoms with Gasteiger partial charge in [0.25, 0.3) is 5.91 Å². The Morgan fingerprint density at radius 1 is 1.05 bits per heavy atom. The van der Waals surface area contributed by atoms with Crippen molar-refractivity contribution < 1.29 is 40.1 Å². The highest BCUT2D eigenvalue weighted by atomic mass is 32.2. The summed E-state index contributed by atoms with van der Waals surface area (Å²) in [6.07, 6.45) is -3.64. The molecule has 0 unspecified atom stereocenters. The molecule has 0 saturated carbocycles. The van der Waals surface area contributed by atoms with Gasteiger partial charge in [-0.2, -0.15) is 0 Å². The molecule has 38 heavy (non-hydrogen) atoms. The van der Waals surface area contributed by atoms with Gasteiger partial charge in [-0.15, -0.1) is 0 Å². The van der Waals surface area contributed by atoms with Crippen molar-refractivity contribution in [2.24, 2.45) is 0 Å². The lowest BCUT2D eigenvalue weighted by atomic mass is 9.77. The lowest BCUT2D eigenvalue weighted by molar-refractivity contribution is 0.00578. The van der Waals surface area contributed by atoms with Gasteiger partial charge in [0.1, 0.15) is 17.2 Å². The lowest BCUT2D eigenvalue weighted by Crippen LogP contribution is -2.41. The highest BCUT2D eigenvalue weighted by Gasteiger charge is 2.52. The molecule has 0 atom stereocenters. The fraction of sp³-hybridized carbons (Fsp3) is 0.400. The lowest BCUT2D eigenvalue weighted by Gasteiger charge is -2.32. The fourth-order valence-electron chi connectivity index (χ4n) is 4.03. The average Bonchev–Trinajstić information content (AvgIpc) is 3.29. The molecule has 2 heterocycles. The van der Waals surface area contributed by atoms with Gasteiger partial charge in [0, 0.05) is 35.9 Å². The van der Waals surface area contributed by atoms with Gasteiger partial charge in [0.05, 0.1) is 28.2 Å². The van der Waals surface area contributed by atoms with Crippen molar-refractivity contribution in [3.05, 3.63) is 47.8 Å². The zero-order valence-electron chi connectivity index (χ0n) is 21.5. The minimum absolute atomic E-state index is 0.00636. The molecule has 1 saturated heterocycles. The molecule has 204 valence electrons. The summed E-state index contributed by atoms with van der Waals surface area (Å²) >= 11 is 0. The van der Waals surface area contributed by atoms with Gasteiger partial charge in [-0.05, 0) is 58.0 Å². The van der Waals surface area contributed by atoms with E-state index in [4.69, 9.17) is 13.7 Å². The second-order valence-corrected chi connectivity index (χ2v) is 11.9. The fourth-order valence-corrected chi connectivity index (χ4v) is 5.13. The van der Waals surface area contributed by atoms with Crippen molar-refractivity contribution in [2.45, 2.75) is 51.7 Å². The van der Waals surface area contributed by atoms with Crippen LogP contribution in [0, 0.1) is 5.82 Å². The SMILES string of the molecule is CNC(=O)c1c(-c2ccc(F)cc2)oc2cc(NS(=O)(=O)CCC(F)F)c(B3OC(C)(C)C(C)(C)O3)cc12. The molecule has 1 aliphatic rings. The Balaban J connectivity index is 1.93. The first-order valence-electron chi connectivity index (χ1n) is 11.9. The van der Waals surface area contributed by atoms with Crippen LogP contribution in [0.25, 0.3) is 22.3 Å². The molecule has 0 spiro atoms. The number of rotatable bonds is 8. The van der Waals surface area contributed by atoms with Crippen LogP contribution in [-0.2, 0) is 19.3 Å². The zero-order chi connectivity index (χ0) is 28.0. The molecule has 1 aromatic heterocycles. The number of carbonyl (C=O) groups excluding carboxylic acids is 1. The number of amides is 1. The Hall–Kier alpha value is -3.03. The molecule has 0 radical (unpaired) electrons. The summed E-state index contributed by atoms with van der Waals surface area (Å²) in [7, 11) is -3.81. The molecule has 0 bridgehead atoms. The number of anilines is 1. The summed E-state index contributed by atoms with van der Waals surface area (Å²) in [6.45, 7) is 7.27. The van der Waals surface area contributed by atoms with Gasteiger partial charge in [-0.3, -0.25) is 9.52 Å². The highest BCUT2D eigenvalue weighted by molar-refractivity contribution is 7.92. The van der Waals surface area contributed by atoms with E-state index in [1.54, 1.807) is 0 Å². The van der Waals surface area contributed by atoms with Crippen LogP contribution in [0.5, 0.6) is 0 Å². The number of fused-ring (bicyclic) bond motifs is 1. The Labute approximate surface area is 219 Å². The quantitative estimate of drug-likeness (QED) is 0.404. The summed E-state index contributed by atoms with van der Waals surface area (Å²) in [5, 5.41) is 2.88. The minimum Gasteiger partial charge on any atom is -0.455 e. The van der Waals surface area contributed by atoms with Crippen LogP contribution < -0.4 is 15.5 Å². The second kappa shape index (κ2) is 9.94. The number of furan rings is 1. The van der Waals surface area contributed by atoms with E-state index in [9.17, 15) is 26.4 Å². The summed E-state index contributed by atoms with van der Waals surface area (Å²) in [5.74, 6) is -1.64. The third kappa shape index (κ3) is 5.41. The molecule has 0 aliphatic carbocycles. The second-order valence-electron chi connectivity index (χ2n) is 10.0. The van der Waals surface area contributed by atoms with E-state index in [1.807, 2.05) is 27.7 Å². The Kier molecular flexibility index (Phi) is 7.32. The van der Waals surface area contributed by atoms with Crippen LogP contribution in [0.4, 0.5) is 18.9 Å². The van der Waals surface area contributed by atoms with Gasteiger partial charge in [0.2, 0.25) is 16.4 Å². The average molecular weight is 552 g/mol. The summed E-state index contributed by atoms with van der Waals surface area (Å²) in [4.78, 5) is 13.0. The minimum atomic E-state index is -4.19. The predicted octanol–water partition coefficient (Wildman–Crippen LogP) is 4.29. The van der Waals surface area contributed by atoms with Crippen LogP contribution in [0.1, 0.15) is 44.5 Å². The van der Waals surface area contributed by atoms with E-state index in [1.165, 1.54) is 43.4 Å². The van der Waals surface area contributed by atoms with Gasteiger partial charge in [-0.1, -0.05) is 0 Å². The first-order chi connectivity index (χ1) is 17.6. The number of hydrogen-bond acceptors (Lipinski definition) is 6.